The minimum absolute atomic E-state index is 0.0189. The van der Waals surface area contributed by atoms with Crippen molar-refractivity contribution in [3.05, 3.63) is 29.8 Å². The van der Waals surface area contributed by atoms with E-state index < -0.39 is 19.7 Å². The fourth-order valence-corrected chi connectivity index (χ4v) is 3.30. The van der Waals surface area contributed by atoms with Crippen LogP contribution in [-0.4, -0.2) is 42.1 Å². The van der Waals surface area contributed by atoms with Crippen molar-refractivity contribution < 1.29 is 16.8 Å². The summed E-state index contributed by atoms with van der Waals surface area (Å²) in [6.07, 6.45) is 3.64. The summed E-state index contributed by atoms with van der Waals surface area (Å²) in [7, 11) is -4.33. The first-order chi connectivity index (χ1) is 9.13. The van der Waals surface area contributed by atoms with Crippen molar-refractivity contribution in [2.45, 2.75) is 23.8 Å². The Hall–Kier alpha value is -0.920. The van der Waals surface area contributed by atoms with E-state index in [0.717, 1.165) is 5.56 Å². The molecule has 1 aromatic carbocycles. The van der Waals surface area contributed by atoms with Gasteiger partial charge in [-0.3, -0.25) is 0 Å². The number of benzene rings is 1. The van der Waals surface area contributed by atoms with Crippen molar-refractivity contribution in [3.63, 3.8) is 0 Å². The summed E-state index contributed by atoms with van der Waals surface area (Å²) in [6.45, 7) is 0. The predicted molar refractivity (Wildman–Crippen MR) is 80.3 cm³/mol. The first kappa shape index (κ1) is 17.1. The molecule has 0 saturated heterocycles. The fourth-order valence-electron chi connectivity index (χ4n) is 1.97. The SMILES string of the molecule is CNC(CCCS(C)(=O)=O)c1ccc(S(C)(=O)=O)cc1. The molecule has 0 aliphatic heterocycles. The second kappa shape index (κ2) is 6.69. The first-order valence-corrected chi connectivity index (χ1v) is 10.2. The molecule has 0 bridgehead atoms. The molecule has 0 amide bonds. The Labute approximate surface area is 121 Å². The van der Waals surface area contributed by atoms with Gasteiger partial charge in [0.05, 0.1) is 4.90 Å². The van der Waals surface area contributed by atoms with Crippen molar-refractivity contribution in [2.24, 2.45) is 0 Å². The maximum absolute atomic E-state index is 11.4. The minimum atomic E-state index is -3.19. The molecule has 20 heavy (non-hydrogen) atoms. The van der Waals surface area contributed by atoms with Crippen LogP contribution in [0.3, 0.4) is 0 Å². The van der Waals surface area contributed by atoms with Gasteiger partial charge in [0, 0.05) is 24.3 Å². The molecular formula is C13H21NO4S2. The van der Waals surface area contributed by atoms with E-state index in [1.807, 2.05) is 0 Å². The van der Waals surface area contributed by atoms with Crippen LogP contribution >= 0.6 is 0 Å². The lowest BCUT2D eigenvalue weighted by molar-refractivity contribution is 0.536. The molecule has 1 unspecified atom stereocenters. The Bertz CT molecular complexity index is 633. The molecule has 0 radical (unpaired) electrons. The van der Waals surface area contributed by atoms with Gasteiger partial charge in [0.2, 0.25) is 0 Å². The fraction of sp³-hybridized carbons (Fsp3) is 0.538. The second-order valence-electron chi connectivity index (χ2n) is 4.95. The molecule has 0 heterocycles. The van der Waals surface area contributed by atoms with Gasteiger partial charge in [0.25, 0.3) is 0 Å². The molecule has 0 fully saturated rings. The summed E-state index contributed by atoms with van der Waals surface area (Å²) in [5.41, 5.74) is 0.952. The predicted octanol–water partition coefficient (Wildman–Crippen LogP) is 1.18. The van der Waals surface area contributed by atoms with Crippen molar-refractivity contribution in [1.82, 2.24) is 5.32 Å². The van der Waals surface area contributed by atoms with E-state index >= 15 is 0 Å². The van der Waals surface area contributed by atoms with Gasteiger partial charge in [-0.15, -0.1) is 0 Å². The zero-order chi connectivity index (χ0) is 15.4. The smallest absolute Gasteiger partial charge is 0.175 e. The summed E-state index contributed by atoms with van der Waals surface area (Å²) in [5.74, 6) is 0.159. The zero-order valence-corrected chi connectivity index (χ0v) is 13.6. The van der Waals surface area contributed by atoms with Crippen LogP contribution in [0.15, 0.2) is 29.2 Å². The largest absolute Gasteiger partial charge is 0.313 e. The van der Waals surface area contributed by atoms with E-state index in [2.05, 4.69) is 5.32 Å². The maximum atomic E-state index is 11.4. The molecular weight excluding hydrogens is 298 g/mol. The van der Waals surface area contributed by atoms with Crippen molar-refractivity contribution in [2.75, 3.05) is 25.3 Å². The van der Waals surface area contributed by atoms with Crippen molar-refractivity contribution in [3.8, 4) is 0 Å². The van der Waals surface area contributed by atoms with Crippen LogP contribution in [0.25, 0.3) is 0 Å². The van der Waals surface area contributed by atoms with Gasteiger partial charge < -0.3 is 5.32 Å². The molecule has 114 valence electrons. The average molecular weight is 319 g/mol. The summed E-state index contributed by atoms with van der Waals surface area (Å²) in [4.78, 5) is 0.284. The van der Waals surface area contributed by atoms with Gasteiger partial charge >= 0.3 is 0 Å². The molecule has 5 nitrogen and oxygen atoms in total. The molecule has 0 aliphatic rings. The van der Waals surface area contributed by atoms with Crippen molar-refractivity contribution in [1.29, 1.82) is 0 Å². The van der Waals surface area contributed by atoms with Crippen LogP contribution in [0.1, 0.15) is 24.4 Å². The van der Waals surface area contributed by atoms with Crippen LogP contribution in [-0.2, 0) is 19.7 Å². The van der Waals surface area contributed by atoms with Gasteiger partial charge in [-0.05, 0) is 37.6 Å². The summed E-state index contributed by atoms with van der Waals surface area (Å²) >= 11 is 0. The standard InChI is InChI=1S/C13H21NO4S2/c1-14-13(5-4-10-19(2,15)16)11-6-8-12(9-7-11)20(3,17)18/h6-9,13-14H,4-5,10H2,1-3H3. The minimum Gasteiger partial charge on any atom is -0.313 e. The van der Waals surface area contributed by atoms with Gasteiger partial charge in [0.1, 0.15) is 9.84 Å². The third kappa shape index (κ3) is 5.60. The maximum Gasteiger partial charge on any atom is 0.175 e. The quantitative estimate of drug-likeness (QED) is 0.816. The summed E-state index contributed by atoms with van der Waals surface area (Å²) < 4.78 is 45.0. The highest BCUT2D eigenvalue weighted by molar-refractivity contribution is 7.90. The highest BCUT2D eigenvalue weighted by Gasteiger charge is 2.12. The molecule has 0 aliphatic carbocycles. The van der Waals surface area contributed by atoms with Crippen LogP contribution in [0.4, 0.5) is 0 Å². The highest BCUT2D eigenvalue weighted by Crippen LogP contribution is 2.20. The lowest BCUT2D eigenvalue weighted by atomic mass is 10.0. The molecule has 1 aromatic rings. The van der Waals surface area contributed by atoms with E-state index in [1.54, 1.807) is 31.3 Å². The Balaban J connectivity index is 2.76. The zero-order valence-electron chi connectivity index (χ0n) is 12.0. The topological polar surface area (TPSA) is 80.3 Å². The second-order valence-corrected chi connectivity index (χ2v) is 9.23. The number of nitrogens with one attached hydrogen (secondary N) is 1. The van der Waals surface area contributed by atoms with E-state index in [-0.39, 0.29) is 16.7 Å². The molecule has 1 rings (SSSR count). The normalized spacial score (nSPS) is 14.2. The number of sulfone groups is 2. The molecule has 1 atom stereocenters. The summed E-state index contributed by atoms with van der Waals surface area (Å²) in [5, 5.41) is 3.12. The first-order valence-electron chi connectivity index (χ1n) is 6.28. The molecule has 0 spiro atoms. The lowest BCUT2D eigenvalue weighted by Crippen LogP contribution is -2.17. The van der Waals surface area contributed by atoms with Crippen LogP contribution < -0.4 is 5.32 Å². The Morgan fingerprint density at radius 3 is 2.00 bits per heavy atom. The third-order valence-corrected chi connectivity index (χ3v) is 5.23. The van der Waals surface area contributed by atoms with E-state index in [9.17, 15) is 16.8 Å². The molecule has 0 aromatic heterocycles. The van der Waals surface area contributed by atoms with Crippen LogP contribution in [0.2, 0.25) is 0 Å². The van der Waals surface area contributed by atoms with Gasteiger partial charge in [-0.25, -0.2) is 16.8 Å². The van der Waals surface area contributed by atoms with Crippen LogP contribution in [0.5, 0.6) is 0 Å². The highest BCUT2D eigenvalue weighted by atomic mass is 32.2. The number of rotatable bonds is 7. The molecule has 1 N–H and O–H groups in total. The van der Waals surface area contributed by atoms with Crippen molar-refractivity contribution >= 4 is 19.7 Å². The van der Waals surface area contributed by atoms with Gasteiger partial charge in [-0.1, -0.05) is 12.1 Å². The van der Waals surface area contributed by atoms with E-state index in [1.165, 1.54) is 12.5 Å². The summed E-state index contributed by atoms with van der Waals surface area (Å²) in [6, 6.07) is 6.69. The molecule has 7 heteroatoms. The Morgan fingerprint density at radius 2 is 1.60 bits per heavy atom. The van der Waals surface area contributed by atoms with Gasteiger partial charge in [-0.2, -0.15) is 0 Å². The average Bonchev–Trinajstić information content (AvgIpc) is 2.32. The lowest BCUT2D eigenvalue weighted by Gasteiger charge is -2.16. The number of hydrogen-bond acceptors (Lipinski definition) is 5. The van der Waals surface area contributed by atoms with Crippen LogP contribution in [0, 0.1) is 0 Å². The van der Waals surface area contributed by atoms with E-state index in [4.69, 9.17) is 0 Å². The monoisotopic (exact) mass is 319 g/mol. The third-order valence-electron chi connectivity index (χ3n) is 3.07. The van der Waals surface area contributed by atoms with E-state index in [0.29, 0.717) is 12.8 Å². The Kier molecular flexibility index (Phi) is 5.73. The number of hydrogen-bond donors (Lipinski definition) is 1. The van der Waals surface area contributed by atoms with Gasteiger partial charge in [0.15, 0.2) is 9.84 Å². The Morgan fingerprint density at radius 1 is 1.05 bits per heavy atom. The molecule has 0 saturated carbocycles.